The van der Waals surface area contributed by atoms with E-state index >= 15 is 0 Å². The van der Waals surface area contributed by atoms with Crippen LogP contribution in [0.25, 0.3) is 22.0 Å². The third kappa shape index (κ3) is 3.25. The molecule has 26 heavy (non-hydrogen) atoms. The minimum absolute atomic E-state index is 0.143. The molecule has 0 spiro atoms. The van der Waals surface area contributed by atoms with Gasteiger partial charge in [0.15, 0.2) is 5.76 Å². The summed E-state index contributed by atoms with van der Waals surface area (Å²) in [7, 11) is 0. The van der Waals surface area contributed by atoms with Crippen LogP contribution in [0.15, 0.2) is 68.8 Å². The van der Waals surface area contributed by atoms with Crippen LogP contribution in [-0.4, -0.2) is 21.2 Å². The normalized spacial score (nSPS) is 12.0. The van der Waals surface area contributed by atoms with E-state index in [1.165, 1.54) is 0 Å². The van der Waals surface area contributed by atoms with Gasteiger partial charge in [-0.2, -0.15) is 5.10 Å². The van der Waals surface area contributed by atoms with Gasteiger partial charge >= 0.3 is 0 Å². The Morgan fingerprint density at radius 2 is 2.12 bits per heavy atom. The molecule has 0 fully saturated rings. The van der Waals surface area contributed by atoms with Crippen molar-refractivity contribution in [1.82, 2.24) is 15.0 Å². The maximum atomic E-state index is 12.2. The molecule has 1 amide bonds. The number of aromatic nitrogens is 2. The van der Waals surface area contributed by atoms with Gasteiger partial charge in [-0.25, -0.2) is 10.4 Å². The van der Waals surface area contributed by atoms with Gasteiger partial charge in [0.2, 0.25) is 0 Å². The summed E-state index contributed by atoms with van der Waals surface area (Å²) in [6.07, 6.45) is 1.65. The van der Waals surface area contributed by atoms with Crippen molar-refractivity contribution in [2.24, 2.45) is 5.10 Å². The number of carbonyl (C=O) groups excluding carboxylic acids is 1. The quantitative estimate of drug-likeness (QED) is 0.406. The number of hydrazone groups is 1. The number of halogens is 1. The van der Waals surface area contributed by atoms with Gasteiger partial charge in [-0.15, -0.1) is 0 Å². The Bertz CT molecular complexity index is 1140. The topological polar surface area (TPSA) is 72.4 Å². The zero-order valence-corrected chi connectivity index (χ0v) is 15.5. The molecule has 2 aromatic heterocycles. The fraction of sp³-hybridized carbons (Fsp3) is 0.105. The number of amides is 1. The number of furan rings is 1. The highest BCUT2D eigenvalue weighted by molar-refractivity contribution is 9.10. The number of rotatable bonds is 4. The maximum absolute atomic E-state index is 12.2. The lowest BCUT2D eigenvalue weighted by Gasteiger charge is -2.03. The summed E-state index contributed by atoms with van der Waals surface area (Å²) in [4.78, 5) is 16.5. The Morgan fingerprint density at radius 3 is 3.00 bits per heavy atom. The van der Waals surface area contributed by atoms with Crippen LogP contribution in [0, 0.1) is 0 Å². The second kappa shape index (κ2) is 6.76. The number of carbonyl (C=O) groups is 1. The molecular weight excluding hydrogens is 396 g/mol. The summed E-state index contributed by atoms with van der Waals surface area (Å²) in [5, 5.41) is 5.12. The van der Waals surface area contributed by atoms with Gasteiger partial charge in [-0.1, -0.05) is 28.1 Å². The summed E-state index contributed by atoms with van der Waals surface area (Å²) in [5.41, 5.74) is 5.70. The number of fused-ring (bicyclic) bond motifs is 2. The summed E-state index contributed by atoms with van der Waals surface area (Å²) < 4.78 is 8.53. The Labute approximate surface area is 157 Å². The smallest absolute Gasteiger partial charge is 0.260 e. The first-order valence-electron chi connectivity index (χ1n) is 8.02. The van der Waals surface area contributed by atoms with Crippen molar-refractivity contribution in [1.29, 1.82) is 0 Å². The first kappa shape index (κ1) is 16.5. The van der Waals surface area contributed by atoms with Crippen LogP contribution >= 0.6 is 15.9 Å². The molecule has 0 saturated heterocycles. The van der Waals surface area contributed by atoms with E-state index in [0.29, 0.717) is 11.5 Å². The molecule has 2 heterocycles. The molecule has 130 valence electrons. The Hall–Kier alpha value is -2.93. The highest BCUT2D eigenvalue weighted by Crippen LogP contribution is 2.23. The summed E-state index contributed by atoms with van der Waals surface area (Å²) >= 11 is 3.44. The fourth-order valence-corrected chi connectivity index (χ4v) is 3.10. The zero-order chi connectivity index (χ0) is 18.1. The molecule has 1 N–H and O–H groups in total. The monoisotopic (exact) mass is 410 g/mol. The number of nitrogens with one attached hydrogen (secondary N) is 1. The number of nitrogens with zero attached hydrogens (tertiary/aromatic N) is 3. The van der Waals surface area contributed by atoms with Crippen LogP contribution in [0.4, 0.5) is 0 Å². The average molecular weight is 411 g/mol. The Morgan fingerprint density at radius 1 is 1.27 bits per heavy atom. The molecule has 7 heteroatoms. The van der Waals surface area contributed by atoms with Gasteiger partial charge in [-0.05, 0) is 43.3 Å². The van der Waals surface area contributed by atoms with E-state index in [4.69, 9.17) is 4.42 Å². The molecule has 0 saturated carbocycles. The average Bonchev–Trinajstić information content (AvgIpc) is 3.24. The third-order valence-corrected chi connectivity index (χ3v) is 4.52. The minimum atomic E-state index is -0.230. The highest BCUT2D eigenvalue weighted by atomic mass is 79.9. The van der Waals surface area contributed by atoms with Gasteiger partial charge in [-0.3, -0.25) is 4.79 Å². The van der Waals surface area contributed by atoms with Crippen LogP contribution in [-0.2, 0) is 11.3 Å². The molecule has 6 nitrogen and oxygen atoms in total. The number of imidazole rings is 1. The molecule has 0 unspecified atom stereocenters. The number of benzene rings is 2. The van der Waals surface area contributed by atoms with Gasteiger partial charge in [0.1, 0.15) is 17.8 Å². The van der Waals surface area contributed by atoms with Gasteiger partial charge in [0.25, 0.3) is 5.91 Å². The first-order valence-corrected chi connectivity index (χ1v) is 8.82. The Balaban J connectivity index is 1.48. The number of para-hydroxylation sites is 2. The van der Waals surface area contributed by atoms with E-state index in [0.717, 1.165) is 26.5 Å². The van der Waals surface area contributed by atoms with Crippen molar-refractivity contribution in [3.63, 3.8) is 0 Å². The van der Waals surface area contributed by atoms with Gasteiger partial charge in [0, 0.05) is 9.86 Å². The highest BCUT2D eigenvalue weighted by Gasteiger charge is 2.09. The van der Waals surface area contributed by atoms with Crippen molar-refractivity contribution < 1.29 is 9.21 Å². The van der Waals surface area contributed by atoms with Crippen molar-refractivity contribution in [3.8, 4) is 0 Å². The second-order valence-corrected chi connectivity index (χ2v) is 6.80. The molecule has 0 atom stereocenters. The number of hydrogen-bond acceptors (Lipinski definition) is 4. The standard InChI is InChI=1S/C19H15BrN4O2/c1-12(18-9-13-8-14(20)6-7-17(13)26-18)22-23-19(25)10-24-11-21-15-4-2-3-5-16(15)24/h2-9,11H,10H2,1H3,(H,23,25)/b22-12-. The SMILES string of the molecule is C/C(=N/NC(=O)Cn1cnc2ccccc21)c1cc2cc(Br)ccc2o1. The molecule has 0 radical (unpaired) electrons. The van der Waals surface area contributed by atoms with E-state index in [2.05, 4.69) is 31.4 Å². The molecule has 4 aromatic rings. The summed E-state index contributed by atoms with van der Waals surface area (Å²) in [6, 6.07) is 15.3. The van der Waals surface area contributed by atoms with Crippen LogP contribution < -0.4 is 5.43 Å². The van der Waals surface area contributed by atoms with Gasteiger partial charge < -0.3 is 8.98 Å². The zero-order valence-electron chi connectivity index (χ0n) is 13.9. The molecule has 0 aliphatic rings. The predicted octanol–water partition coefficient (Wildman–Crippen LogP) is 4.09. The molecule has 2 aromatic carbocycles. The first-order chi connectivity index (χ1) is 12.6. The molecule has 4 rings (SSSR count). The van der Waals surface area contributed by atoms with E-state index in [9.17, 15) is 4.79 Å². The van der Waals surface area contributed by atoms with Crippen molar-refractivity contribution >= 4 is 49.6 Å². The molecular formula is C19H15BrN4O2. The maximum Gasteiger partial charge on any atom is 0.260 e. The molecule has 0 aliphatic carbocycles. The Kier molecular flexibility index (Phi) is 4.30. The lowest BCUT2D eigenvalue weighted by Crippen LogP contribution is -2.23. The van der Waals surface area contributed by atoms with Crippen LogP contribution in [0.1, 0.15) is 12.7 Å². The van der Waals surface area contributed by atoms with E-state index in [1.807, 2.05) is 48.5 Å². The predicted molar refractivity (Wildman–Crippen MR) is 104 cm³/mol. The third-order valence-electron chi connectivity index (χ3n) is 4.02. The van der Waals surface area contributed by atoms with Crippen molar-refractivity contribution in [2.45, 2.75) is 13.5 Å². The minimum Gasteiger partial charge on any atom is -0.455 e. The van der Waals surface area contributed by atoms with E-state index in [1.54, 1.807) is 17.8 Å². The van der Waals surface area contributed by atoms with Crippen LogP contribution in [0.5, 0.6) is 0 Å². The van der Waals surface area contributed by atoms with Crippen molar-refractivity contribution in [2.75, 3.05) is 0 Å². The second-order valence-electron chi connectivity index (χ2n) is 5.89. The molecule has 0 aliphatic heterocycles. The largest absolute Gasteiger partial charge is 0.455 e. The van der Waals surface area contributed by atoms with E-state index < -0.39 is 0 Å². The lowest BCUT2D eigenvalue weighted by atomic mass is 10.2. The summed E-state index contributed by atoms with van der Waals surface area (Å²) in [6.45, 7) is 1.93. The van der Waals surface area contributed by atoms with Crippen molar-refractivity contribution in [3.05, 3.63) is 65.1 Å². The van der Waals surface area contributed by atoms with E-state index in [-0.39, 0.29) is 12.5 Å². The van der Waals surface area contributed by atoms with Crippen LogP contribution in [0.2, 0.25) is 0 Å². The van der Waals surface area contributed by atoms with Gasteiger partial charge in [0.05, 0.1) is 17.4 Å². The van der Waals surface area contributed by atoms with Crippen LogP contribution in [0.3, 0.4) is 0 Å². The lowest BCUT2D eigenvalue weighted by molar-refractivity contribution is -0.121. The number of hydrogen-bond donors (Lipinski definition) is 1. The summed E-state index contributed by atoms with van der Waals surface area (Å²) in [5.74, 6) is 0.387. The molecule has 0 bridgehead atoms. The fourth-order valence-electron chi connectivity index (χ4n) is 2.72.